The standard InChI is InChI=1S/C32H33F2N5O3/c1-17(2)39-24(9-12-36-39)30(40)38-29(28-27-23(34)13-21(33)14-25(27)42-16-32(28)10-11-32)31(41)37-22-7-5-20(6-8-22)26-18(3)15-35-19(26)4/h5-9,12-14,17,28-29H,10-11,15-16H2,1-4H3,(H,37,41)(H,38,40)/t28?,29-/m0/s1. The molecule has 3 heterocycles. The van der Waals surface area contributed by atoms with E-state index in [0.29, 0.717) is 25.1 Å². The maximum atomic E-state index is 15.4. The molecule has 0 radical (unpaired) electrons. The van der Waals surface area contributed by atoms with Gasteiger partial charge in [0, 0.05) is 58.2 Å². The lowest BCUT2D eigenvalue weighted by molar-refractivity contribution is -0.119. The van der Waals surface area contributed by atoms with Crippen LogP contribution in [0.2, 0.25) is 0 Å². The van der Waals surface area contributed by atoms with Gasteiger partial charge in [0.2, 0.25) is 5.91 Å². The summed E-state index contributed by atoms with van der Waals surface area (Å²) >= 11 is 0. The largest absolute Gasteiger partial charge is 0.492 e. The van der Waals surface area contributed by atoms with Crippen molar-refractivity contribution in [3.05, 3.63) is 82.7 Å². The first-order valence-corrected chi connectivity index (χ1v) is 14.2. The lowest BCUT2D eigenvalue weighted by Gasteiger charge is -2.38. The minimum Gasteiger partial charge on any atom is -0.492 e. The zero-order valence-electron chi connectivity index (χ0n) is 24.0. The zero-order chi connectivity index (χ0) is 29.8. The van der Waals surface area contributed by atoms with Crippen molar-refractivity contribution in [3.63, 3.8) is 0 Å². The van der Waals surface area contributed by atoms with Crippen molar-refractivity contribution in [2.24, 2.45) is 10.4 Å². The van der Waals surface area contributed by atoms with Gasteiger partial charge in [0.15, 0.2) is 0 Å². The normalized spacial score (nSPS) is 19.3. The van der Waals surface area contributed by atoms with Gasteiger partial charge in [-0.1, -0.05) is 12.1 Å². The molecule has 0 bridgehead atoms. The van der Waals surface area contributed by atoms with Crippen LogP contribution in [0.5, 0.6) is 5.75 Å². The number of hydrogen-bond acceptors (Lipinski definition) is 5. The number of anilines is 1. The summed E-state index contributed by atoms with van der Waals surface area (Å²) in [5, 5.41) is 10.1. The fourth-order valence-electron chi connectivity index (χ4n) is 6.26. The Balaban J connectivity index is 1.36. The van der Waals surface area contributed by atoms with Gasteiger partial charge in [-0.2, -0.15) is 5.10 Å². The van der Waals surface area contributed by atoms with Crippen molar-refractivity contribution >= 4 is 28.8 Å². The summed E-state index contributed by atoms with van der Waals surface area (Å²) < 4.78 is 37.0. The highest BCUT2D eigenvalue weighted by Gasteiger charge is 2.59. The molecule has 3 aliphatic rings. The average Bonchev–Trinajstić information content (AvgIpc) is 3.37. The first-order chi connectivity index (χ1) is 20.1. The maximum Gasteiger partial charge on any atom is 0.270 e. The highest BCUT2D eigenvalue weighted by molar-refractivity contribution is 6.25. The molecule has 10 heteroatoms. The van der Waals surface area contributed by atoms with Gasteiger partial charge in [-0.05, 0) is 69.9 Å². The van der Waals surface area contributed by atoms with Crippen LogP contribution in [0.1, 0.15) is 74.1 Å². The highest BCUT2D eigenvalue weighted by Crippen LogP contribution is 2.61. The Kier molecular flexibility index (Phi) is 6.95. The molecule has 1 aliphatic carbocycles. The number of rotatable bonds is 7. The molecule has 2 N–H and O–H groups in total. The van der Waals surface area contributed by atoms with Gasteiger partial charge in [0.05, 0.1) is 13.2 Å². The smallest absolute Gasteiger partial charge is 0.270 e. The van der Waals surface area contributed by atoms with E-state index in [2.05, 4.69) is 20.7 Å². The van der Waals surface area contributed by atoms with Crippen LogP contribution in [-0.4, -0.2) is 46.5 Å². The van der Waals surface area contributed by atoms with E-state index < -0.39 is 40.8 Å². The number of carbonyl (C=O) groups excluding carboxylic acids is 2. The van der Waals surface area contributed by atoms with E-state index in [1.807, 2.05) is 39.8 Å². The van der Waals surface area contributed by atoms with E-state index in [1.165, 1.54) is 11.8 Å². The van der Waals surface area contributed by atoms with Crippen molar-refractivity contribution in [1.82, 2.24) is 15.1 Å². The van der Waals surface area contributed by atoms with Crippen LogP contribution in [0.4, 0.5) is 14.5 Å². The third-order valence-corrected chi connectivity index (χ3v) is 8.51. The molecule has 2 aromatic carbocycles. The quantitative estimate of drug-likeness (QED) is 0.380. The Morgan fingerprint density at radius 3 is 2.48 bits per heavy atom. The van der Waals surface area contributed by atoms with Crippen LogP contribution in [0, 0.1) is 17.0 Å². The number of aliphatic imine (C=N–C) groups is 1. The van der Waals surface area contributed by atoms with Gasteiger partial charge >= 0.3 is 0 Å². The Bertz CT molecular complexity index is 1640. The number of aromatic nitrogens is 2. The lowest BCUT2D eigenvalue weighted by atomic mass is 9.75. The van der Waals surface area contributed by atoms with Crippen molar-refractivity contribution < 1.29 is 23.1 Å². The molecule has 2 atom stereocenters. The van der Waals surface area contributed by atoms with E-state index in [0.717, 1.165) is 29.0 Å². The molecule has 2 amide bonds. The number of nitrogens with zero attached hydrogens (tertiary/aromatic N) is 3. The minimum absolute atomic E-state index is 0.0518. The second-order valence-electron chi connectivity index (χ2n) is 11.8. The van der Waals surface area contributed by atoms with Crippen LogP contribution >= 0.6 is 0 Å². The molecule has 3 aromatic rings. The molecule has 0 saturated heterocycles. The summed E-state index contributed by atoms with van der Waals surface area (Å²) in [5.74, 6) is -3.31. The number of halogens is 2. The molecule has 6 rings (SSSR count). The SMILES string of the molecule is CC1=NCC(C)=C1c1ccc(NC(=O)[C@@H](NC(=O)c2ccnn2C(C)C)C2c3c(F)cc(F)cc3OCC23CC3)cc1. The monoisotopic (exact) mass is 573 g/mol. The summed E-state index contributed by atoms with van der Waals surface area (Å²) in [5.41, 5.74) is 4.59. The topological polar surface area (TPSA) is 97.6 Å². The molecular weight excluding hydrogens is 540 g/mol. The summed E-state index contributed by atoms with van der Waals surface area (Å²) in [6.45, 7) is 8.68. The van der Waals surface area contributed by atoms with E-state index in [1.54, 1.807) is 22.9 Å². The molecule has 42 heavy (non-hydrogen) atoms. The molecule has 218 valence electrons. The van der Waals surface area contributed by atoms with Gasteiger partial charge < -0.3 is 15.4 Å². The van der Waals surface area contributed by atoms with Gasteiger partial charge in [-0.15, -0.1) is 0 Å². The third-order valence-electron chi connectivity index (χ3n) is 8.51. The van der Waals surface area contributed by atoms with Gasteiger partial charge in [0.1, 0.15) is 29.1 Å². The Labute approximate surface area is 242 Å². The van der Waals surface area contributed by atoms with Crippen molar-refractivity contribution in [1.29, 1.82) is 0 Å². The molecule has 1 saturated carbocycles. The number of hydrogen-bond donors (Lipinski definition) is 2. The molecular formula is C32H33F2N5O3. The zero-order valence-corrected chi connectivity index (χ0v) is 24.0. The Hall–Kier alpha value is -4.34. The molecule has 2 aliphatic heterocycles. The molecule has 8 nitrogen and oxygen atoms in total. The van der Waals surface area contributed by atoms with Crippen LogP contribution in [0.15, 0.2) is 59.2 Å². The first-order valence-electron chi connectivity index (χ1n) is 14.2. The second kappa shape index (κ2) is 10.5. The van der Waals surface area contributed by atoms with Gasteiger partial charge in [0.25, 0.3) is 5.91 Å². The van der Waals surface area contributed by atoms with Gasteiger partial charge in [-0.3, -0.25) is 19.3 Å². The van der Waals surface area contributed by atoms with Crippen LogP contribution < -0.4 is 15.4 Å². The predicted octanol–water partition coefficient (Wildman–Crippen LogP) is 5.68. The number of ether oxygens (including phenoxy) is 1. The molecule has 1 aromatic heterocycles. The van der Waals surface area contributed by atoms with Crippen LogP contribution in [0.25, 0.3) is 5.57 Å². The summed E-state index contributed by atoms with van der Waals surface area (Å²) in [4.78, 5) is 32.2. The Morgan fingerprint density at radius 2 is 1.83 bits per heavy atom. The average molecular weight is 574 g/mol. The van der Waals surface area contributed by atoms with Crippen molar-refractivity contribution in [2.75, 3.05) is 18.5 Å². The van der Waals surface area contributed by atoms with Crippen molar-refractivity contribution in [2.45, 2.75) is 58.5 Å². The van der Waals surface area contributed by atoms with Gasteiger partial charge in [-0.25, -0.2) is 8.78 Å². The molecule has 1 unspecified atom stereocenters. The fourth-order valence-corrected chi connectivity index (χ4v) is 6.26. The lowest BCUT2D eigenvalue weighted by Crippen LogP contribution is -2.52. The number of allylic oxidation sites excluding steroid dienone is 1. The summed E-state index contributed by atoms with van der Waals surface area (Å²) in [6, 6.07) is 9.67. The molecule has 1 spiro atoms. The first kappa shape index (κ1) is 27.8. The van der Waals surface area contributed by atoms with E-state index in [-0.39, 0.29) is 29.7 Å². The predicted molar refractivity (Wildman–Crippen MR) is 156 cm³/mol. The summed E-state index contributed by atoms with van der Waals surface area (Å²) in [7, 11) is 0. The highest BCUT2D eigenvalue weighted by atomic mass is 19.1. The second-order valence-corrected chi connectivity index (χ2v) is 11.8. The third kappa shape index (κ3) is 4.88. The fraction of sp³-hybridized carbons (Fsp3) is 0.375. The van der Waals surface area contributed by atoms with Crippen LogP contribution in [-0.2, 0) is 4.79 Å². The van der Waals surface area contributed by atoms with Crippen molar-refractivity contribution in [3.8, 4) is 5.75 Å². The number of carbonyl (C=O) groups is 2. The molecule has 1 fully saturated rings. The van der Waals surface area contributed by atoms with Crippen LogP contribution in [0.3, 0.4) is 0 Å². The number of benzene rings is 2. The number of fused-ring (bicyclic) bond motifs is 1. The van der Waals surface area contributed by atoms with E-state index >= 15 is 4.39 Å². The Morgan fingerprint density at radius 1 is 1.10 bits per heavy atom. The minimum atomic E-state index is -1.17. The van der Waals surface area contributed by atoms with E-state index in [4.69, 9.17) is 4.74 Å². The summed E-state index contributed by atoms with van der Waals surface area (Å²) in [6.07, 6.45) is 2.89. The number of amides is 2. The van der Waals surface area contributed by atoms with E-state index in [9.17, 15) is 14.0 Å². The number of nitrogens with one attached hydrogen (secondary N) is 2. The maximum absolute atomic E-state index is 15.4.